The number of H-pyrrole nitrogens is 1. The molecule has 3 rings (SSSR count). The molecule has 1 aromatic heterocycles. The van der Waals surface area contributed by atoms with Crippen molar-refractivity contribution in [3.05, 3.63) is 40.4 Å². The average Bonchev–Trinajstić information content (AvgIpc) is 2.88. The van der Waals surface area contributed by atoms with Crippen LogP contribution in [0.5, 0.6) is 5.75 Å². The molecule has 1 fully saturated rings. The lowest BCUT2D eigenvalue weighted by atomic mass is 9.89. The van der Waals surface area contributed by atoms with Gasteiger partial charge >= 0.3 is 0 Å². The van der Waals surface area contributed by atoms with Crippen LogP contribution in [0.2, 0.25) is 0 Å². The number of rotatable bonds is 3. The summed E-state index contributed by atoms with van der Waals surface area (Å²) in [5, 5.41) is 21.4. The Balaban J connectivity index is 1.90. The summed E-state index contributed by atoms with van der Waals surface area (Å²) in [7, 11) is 0. The van der Waals surface area contributed by atoms with Gasteiger partial charge in [-0.1, -0.05) is 31.4 Å². The van der Waals surface area contributed by atoms with E-state index in [1.807, 2.05) is 12.1 Å². The van der Waals surface area contributed by atoms with Crippen molar-refractivity contribution in [2.24, 2.45) is 5.10 Å². The Morgan fingerprint density at radius 2 is 2.05 bits per heavy atom. The number of nitrogens with one attached hydrogen (secondary N) is 1. The number of aromatic amines is 1. The van der Waals surface area contributed by atoms with Crippen molar-refractivity contribution in [2.45, 2.75) is 38.0 Å². The Labute approximate surface area is 128 Å². The molecule has 0 atom stereocenters. The predicted molar refractivity (Wildman–Crippen MR) is 84.3 cm³/mol. The predicted octanol–water partition coefficient (Wildman–Crippen LogP) is 3.58. The van der Waals surface area contributed by atoms with Gasteiger partial charge in [0, 0.05) is 11.5 Å². The molecule has 2 N–H and O–H groups in total. The van der Waals surface area contributed by atoms with Crippen LogP contribution in [-0.4, -0.2) is 26.2 Å². The Bertz CT molecular complexity index is 698. The van der Waals surface area contributed by atoms with Gasteiger partial charge in [-0.3, -0.25) is 5.10 Å². The zero-order valence-electron chi connectivity index (χ0n) is 11.7. The van der Waals surface area contributed by atoms with E-state index in [0.717, 1.165) is 18.7 Å². The van der Waals surface area contributed by atoms with Crippen molar-refractivity contribution in [2.75, 3.05) is 0 Å². The van der Waals surface area contributed by atoms with Gasteiger partial charge in [0.1, 0.15) is 5.75 Å². The quantitative estimate of drug-likeness (QED) is 0.673. The summed E-state index contributed by atoms with van der Waals surface area (Å²) in [6.07, 6.45) is 7.63. The molecule has 2 aromatic rings. The number of para-hydroxylation sites is 1. The maximum atomic E-state index is 9.78. The lowest BCUT2D eigenvalue weighted by Gasteiger charge is -2.19. The Kier molecular flexibility index (Phi) is 4.15. The topological polar surface area (TPSA) is 66.2 Å². The minimum absolute atomic E-state index is 0.204. The third-order valence-electron chi connectivity index (χ3n) is 3.89. The van der Waals surface area contributed by atoms with Crippen LogP contribution in [0.25, 0.3) is 0 Å². The third kappa shape index (κ3) is 3.05. The average molecular weight is 302 g/mol. The number of hydrogen-bond acceptors (Lipinski definition) is 4. The molecule has 110 valence electrons. The SMILES string of the molecule is Oc1ccccc1/C=N\n1c(C2CCCCC2)n[nH]c1=S. The van der Waals surface area contributed by atoms with Crippen molar-refractivity contribution >= 4 is 18.4 Å². The fourth-order valence-corrected chi connectivity index (χ4v) is 2.94. The first-order valence-electron chi connectivity index (χ1n) is 7.25. The molecule has 6 heteroatoms. The molecule has 21 heavy (non-hydrogen) atoms. The van der Waals surface area contributed by atoms with Crippen molar-refractivity contribution in [3.63, 3.8) is 0 Å². The standard InChI is InChI=1S/C15H18N4OS/c20-13-9-5-4-8-12(13)10-16-19-14(17-18-15(19)21)11-6-2-1-3-7-11/h4-5,8-11,20H,1-3,6-7H2,(H,18,21)/b16-10-. The van der Waals surface area contributed by atoms with Crippen LogP contribution in [0.4, 0.5) is 0 Å². The number of nitrogens with zero attached hydrogens (tertiary/aromatic N) is 3. The van der Waals surface area contributed by atoms with Gasteiger partial charge in [0.15, 0.2) is 5.82 Å². The van der Waals surface area contributed by atoms with Gasteiger partial charge in [-0.05, 0) is 37.2 Å². The van der Waals surface area contributed by atoms with E-state index in [9.17, 15) is 5.11 Å². The molecule has 1 heterocycles. The number of hydrogen-bond donors (Lipinski definition) is 2. The zero-order valence-corrected chi connectivity index (χ0v) is 12.5. The molecule has 0 amide bonds. The van der Waals surface area contributed by atoms with Gasteiger partial charge in [0.05, 0.1) is 6.21 Å². The summed E-state index contributed by atoms with van der Waals surface area (Å²) in [6, 6.07) is 7.09. The first-order chi connectivity index (χ1) is 10.3. The van der Waals surface area contributed by atoms with Crippen LogP contribution in [0.3, 0.4) is 0 Å². The number of aromatic hydroxyl groups is 1. The molecule has 1 aromatic carbocycles. The Morgan fingerprint density at radius 3 is 2.81 bits per heavy atom. The number of phenols is 1. The number of phenolic OH excluding ortho intramolecular Hbond substituents is 1. The fraction of sp³-hybridized carbons (Fsp3) is 0.400. The number of benzene rings is 1. The summed E-state index contributed by atoms with van der Waals surface area (Å²) in [4.78, 5) is 0. The van der Waals surface area contributed by atoms with E-state index >= 15 is 0 Å². The smallest absolute Gasteiger partial charge is 0.216 e. The second-order valence-corrected chi connectivity index (χ2v) is 5.72. The van der Waals surface area contributed by atoms with Crippen LogP contribution in [0, 0.1) is 4.77 Å². The molecule has 1 saturated carbocycles. The summed E-state index contributed by atoms with van der Waals surface area (Å²) >= 11 is 5.26. The maximum absolute atomic E-state index is 9.78. The van der Waals surface area contributed by atoms with Gasteiger partial charge in [-0.15, -0.1) is 0 Å². The normalized spacial score (nSPS) is 16.6. The monoisotopic (exact) mass is 302 g/mol. The summed E-state index contributed by atoms with van der Waals surface area (Å²) in [6.45, 7) is 0. The van der Waals surface area contributed by atoms with Crippen LogP contribution in [-0.2, 0) is 0 Å². The minimum Gasteiger partial charge on any atom is -0.507 e. The molecule has 5 nitrogen and oxygen atoms in total. The highest BCUT2D eigenvalue weighted by molar-refractivity contribution is 7.71. The Morgan fingerprint density at radius 1 is 1.29 bits per heavy atom. The largest absolute Gasteiger partial charge is 0.507 e. The van der Waals surface area contributed by atoms with Crippen molar-refractivity contribution in [3.8, 4) is 5.75 Å². The van der Waals surface area contributed by atoms with Gasteiger partial charge in [0.2, 0.25) is 4.77 Å². The lowest BCUT2D eigenvalue weighted by Crippen LogP contribution is -2.10. The van der Waals surface area contributed by atoms with E-state index < -0.39 is 0 Å². The number of aromatic nitrogens is 3. The molecule has 1 aliphatic rings. The second-order valence-electron chi connectivity index (χ2n) is 5.34. The second kappa shape index (κ2) is 6.22. The Hall–Kier alpha value is -1.95. The van der Waals surface area contributed by atoms with Crippen molar-refractivity contribution in [1.29, 1.82) is 0 Å². The molecular formula is C15H18N4OS. The van der Waals surface area contributed by atoms with Crippen LogP contribution >= 0.6 is 12.2 Å². The zero-order chi connectivity index (χ0) is 14.7. The van der Waals surface area contributed by atoms with Gasteiger partial charge < -0.3 is 5.11 Å². The van der Waals surface area contributed by atoms with Crippen LogP contribution in [0.1, 0.15) is 49.4 Å². The minimum atomic E-state index is 0.204. The molecule has 0 saturated heterocycles. The highest BCUT2D eigenvalue weighted by Gasteiger charge is 2.21. The van der Waals surface area contributed by atoms with Crippen LogP contribution < -0.4 is 0 Å². The molecule has 0 bridgehead atoms. The molecular weight excluding hydrogens is 284 g/mol. The lowest BCUT2D eigenvalue weighted by molar-refractivity contribution is 0.419. The first kappa shape index (κ1) is 14.0. The van der Waals surface area contributed by atoms with Gasteiger partial charge in [0.25, 0.3) is 0 Å². The van der Waals surface area contributed by atoms with E-state index in [-0.39, 0.29) is 5.75 Å². The molecule has 0 spiro atoms. The van der Waals surface area contributed by atoms with Gasteiger partial charge in [-0.25, -0.2) is 0 Å². The first-order valence-corrected chi connectivity index (χ1v) is 7.66. The van der Waals surface area contributed by atoms with Crippen molar-refractivity contribution < 1.29 is 5.11 Å². The fourth-order valence-electron chi connectivity index (χ4n) is 2.76. The molecule has 0 aliphatic heterocycles. The van der Waals surface area contributed by atoms with Crippen molar-refractivity contribution in [1.82, 2.24) is 14.9 Å². The summed E-state index contributed by atoms with van der Waals surface area (Å²) in [5.74, 6) is 1.51. The molecule has 0 unspecified atom stereocenters. The van der Waals surface area contributed by atoms with E-state index in [1.54, 1.807) is 23.0 Å². The highest BCUT2D eigenvalue weighted by Crippen LogP contribution is 2.31. The highest BCUT2D eigenvalue weighted by atomic mass is 32.1. The van der Waals surface area contributed by atoms with E-state index in [4.69, 9.17) is 12.2 Å². The van der Waals surface area contributed by atoms with E-state index in [2.05, 4.69) is 15.3 Å². The third-order valence-corrected chi connectivity index (χ3v) is 4.16. The summed E-state index contributed by atoms with van der Waals surface area (Å²) in [5.41, 5.74) is 0.662. The van der Waals surface area contributed by atoms with E-state index in [1.165, 1.54) is 19.3 Å². The summed E-state index contributed by atoms with van der Waals surface area (Å²) < 4.78 is 2.17. The van der Waals surface area contributed by atoms with E-state index in [0.29, 0.717) is 16.3 Å². The maximum Gasteiger partial charge on any atom is 0.216 e. The molecule has 1 aliphatic carbocycles. The van der Waals surface area contributed by atoms with Gasteiger partial charge in [-0.2, -0.15) is 14.9 Å². The molecule has 0 radical (unpaired) electrons. The van der Waals surface area contributed by atoms with Crippen LogP contribution in [0.15, 0.2) is 29.4 Å².